The van der Waals surface area contributed by atoms with Gasteiger partial charge in [-0.3, -0.25) is 4.90 Å². The van der Waals surface area contributed by atoms with Gasteiger partial charge >= 0.3 is 0 Å². The third-order valence-corrected chi connectivity index (χ3v) is 9.19. The van der Waals surface area contributed by atoms with Crippen molar-refractivity contribution in [1.82, 2.24) is 9.88 Å². The van der Waals surface area contributed by atoms with Crippen LogP contribution in [0.4, 0.5) is 5.69 Å². The monoisotopic (exact) mass is 523 g/mol. The summed E-state index contributed by atoms with van der Waals surface area (Å²) < 4.78 is 0. The van der Waals surface area contributed by atoms with Crippen LogP contribution in [0.2, 0.25) is 5.02 Å². The molecule has 0 spiro atoms. The number of likely N-dealkylation sites (tertiary alicyclic amines) is 1. The van der Waals surface area contributed by atoms with E-state index in [0.29, 0.717) is 6.04 Å². The third-order valence-electron chi connectivity index (χ3n) is 8.95. The Morgan fingerprint density at radius 2 is 1.58 bits per heavy atom. The molecule has 1 N–H and O–H groups in total. The highest BCUT2D eigenvalue weighted by Crippen LogP contribution is 2.44. The largest absolute Gasteiger partial charge is 0.382 e. The van der Waals surface area contributed by atoms with E-state index >= 15 is 0 Å². The minimum Gasteiger partial charge on any atom is -0.382 e. The Morgan fingerprint density at radius 3 is 2.34 bits per heavy atom. The predicted octanol–water partition coefficient (Wildman–Crippen LogP) is 8.93. The van der Waals surface area contributed by atoms with Gasteiger partial charge < -0.3 is 5.32 Å². The molecule has 2 heterocycles. The zero-order valence-electron chi connectivity index (χ0n) is 22.4. The van der Waals surface area contributed by atoms with E-state index in [1.165, 1.54) is 37.7 Å². The fraction of sp³-hybridized carbons (Fsp3) is 0.382. The summed E-state index contributed by atoms with van der Waals surface area (Å²) in [4.78, 5) is 7.79. The molecule has 38 heavy (non-hydrogen) atoms. The van der Waals surface area contributed by atoms with Gasteiger partial charge in [-0.15, -0.1) is 0 Å². The van der Waals surface area contributed by atoms with Gasteiger partial charge in [0.25, 0.3) is 0 Å². The number of pyridine rings is 1. The van der Waals surface area contributed by atoms with E-state index in [1.807, 2.05) is 18.2 Å². The van der Waals surface area contributed by atoms with Gasteiger partial charge in [0.1, 0.15) is 0 Å². The zero-order valence-corrected chi connectivity index (χ0v) is 23.1. The highest BCUT2D eigenvalue weighted by atomic mass is 35.5. The van der Waals surface area contributed by atoms with Crippen LogP contribution in [0.3, 0.4) is 0 Å². The van der Waals surface area contributed by atoms with Crippen LogP contribution in [-0.2, 0) is 5.54 Å². The first-order chi connectivity index (χ1) is 18.6. The summed E-state index contributed by atoms with van der Waals surface area (Å²) in [7, 11) is 0. The van der Waals surface area contributed by atoms with Crippen molar-refractivity contribution in [3.05, 3.63) is 95.5 Å². The number of nitrogens with zero attached hydrogens (tertiary/aromatic N) is 2. The summed E-state index contributed by atoms with van der Waals surface area (Å²) in [5, 5.41) is 5.79. The molecule has 3 aromatic carbocycles. The number of anilines is 1. The van der Waals surface area contributed by atoms with E-state index in [1.54, 1.807) is 0 Å². The van der Waals surface area contributed by atoms with E-state index < -0.39 is 0 Å². The number of piperidine rings is 1. The normalized spacial score (nSPS) is 23.3. The van der Waals surface area contributed by atoms with E-state index in [2.05, 4.69) is 83.9 Å². The number of halogens is 1. The van der Waals surface area contributed by atoms with Gasteiger partial charge in [-0.1, -0.05) is 92.0 Å². The van der Waals surface area contributed by atoms with E-state index in [9.17, 15) is 0 Å². The second-order valence-corrected chi connectivity index (χ2v) is 11.9. The van der Waals surface area contributed by atoms with Crippen molar-refractivity contribution < 1.29 is 0 Å². The molecule has 1 aliphatic heterocycles. The molecule has 1 aliphatic carbocycles. The SMILES string of the molecule is CC1CCCC(c2ccccc2)(N2CCC(Nc3cc(-c4ccccc4)nc4cc(Cl)ccc34)CC2)CC1. The lowest BCUT2D eigenvalue weighted by Gasteiger charge is -2.48. The molecular weight excluding hydrogens is 486 g/mol. The highest BCUT2D eigenvalue weighted by molar-refractivity contribution is 6.31. The second-order valence-electron chi connectivity index (χ2n) is 11.4. The van der Waals surface area contributed by atoms with Gasteiger partial charge in [0.05, 0.1) is 11.2 Å². The van der Waals surface area contributed by atoms with E-state index in [4.69, 9.17) is 16.6 Å². The van der Waals surface area contributed by atoms with Crippen LogP contribution < -0.4 is 5.32 Å². The van der Waals surface area contributed by atoms with E-state index in [0.717, 1.165) is 64.7 Å². The molecule has 2 fully saturated rings. The Hall–Kier alpha value is -2.88. The van der Waals surface area contributed by atoms with Crippen molar-refractivity contribution in [2.75, 3.05) is 18.4 Å². The molecule has 1 saturated carbocycles. The lowest BCUT2D eigenvalue weighted by Crippen LogP contribution is -2.51. The third kappa shape index (κ3) is 5.19. The lowest BCUT2D eigenvalue weighted by molar-refractivity contribution is 0.0453. The number of benzene rings is 3. The average molecular weight is 524 g/mol. The summed E-state index contributed by atoms with van der Waals surface area (Å²) >= 11 is 6.37. The fourth-order valence-electron chi connectivity index (χ4n) is 6.78. The molecular formula is C34H38ClN3. The lowest BCUT2D eigenvalue weighted by atomic mass is 9.79. The first kappa shape index (κ1) is 25.4. The number of fused-ring (bicyclic) bond motifs is 1. The molecule has 2 aliphatic rings. The van der Waals surface area contributed by atoms with Gasteiger partial charge in [-0.25, -0.2) is 4.98 Å². The standard InChI is InChI=1S/C34H38ClN3/c1-25-9-8-19-34(20-16-25,27-12-6-3-7-13-27)38-21-17-29(18-22-38)36-33-24-31(26-10-4-2-5-11-26)37-32-23-28(35)14-15-30(32)33/h2-7,10-15,23-25,29H,8-9,16-22H2,1H3,(H,36,37). The molecule has 1 saturated heterocycles. The Kier molecular flexibility index (Phi) is 7.41. The molecule has 2 unspecified atom stereocenters. The van der Waals surface area contributed by atoms with Crippen molar-refractivity contribution in [2.24, 2.45) is 5.92 Å². The van der Waals surface area contributed by atoms with Crippen LogP contribution in [0.1, 0.15) is 57.4 Å². The predicted molar refractivity (Wildman–Crippen MR) is 161 cm³/mol. The smallest absolute Gasteiger partial charge is 0.0745 e. The summed E-state index contributed by atoms with van der Waals surface area (Å²) in [5.74, 6) is 0.826. The summed E-state index contributed by atoms with van der Waals surface area (Å²) in [6, 6.07) is 30.5. The zero-order chi connectivity index (χ0) is 26.0. The van der Waals surface area contributed by atoms with Crippen LogP contribution in [0.5, 0.6) is 0 Å². The number of hydrogen-bond acceptors (Lipinski definition) is 3. The minimum absolute atomic E-state index is 0.178. The first-order valence-electron chi connectivity index (χ1n) is 14.3. The Labute approximate surface area is 232 Å². The van der Waals surface area contributed by atoms with Gasteiger partial charge in [-0.05, 0) is 67.9 Å². The topological polar surface area (TPSA) is 28.2 Å². The number of hydrogen-bond donors (Lipinski definition) is 1. The molecule has 0 amide bonds. The minimum atomic E-state index is 0.178. The van der Waals surface area contributed by atoms with Crippen LogP contribution in [-0.4, -0.2) is 29.0 Å². The average Bonchev–Trinajstić information content (AvgIpc) is 3.16. The molecule has 3 nitrogen and oxygen atoms in total. The van der Waals surface area contributed by atoms with Crippen molar-refractivity contribution in [3.63, 3.8) is 0 Å². The molecule has 2 atom stereocenters. The van der Waals surface area contributed by atoms with Gasteiger partial charge in [-0.2, -0.15) is 0 Å². The summed E-state index contributed by atoms with van der Waals surface area (Å²) in [6.45, 7) is 4.69. The Balaban J connectivity index is 1.25. The molecule has 1 aromatic heterocycles. The van der Waals surface area contributed by atoms with Gasteiger partial charge in [0.2, 0.25) is 0 Å². The maximum atomic E-state index is 6.37. The summed E-state index contributed by atoms with van der Waals surface area (Å²) in [6.07, 6.45) is 8.82. The van der Waals surface area contributed by atoms with Gasteiger partial charge in [0, 0.05) is 46.3 Å². The Bertz CT molecular complexity index is 1360. The van der Waals surface area contributed by atoms with Crippen molar-refractivity contribution in [3.8, 4) is 11.3 Å². The molecule has 0 bridgehead atoms. The second kappa shape index (κ2) is 11.1. The van der Waals surface area contributed by atoms with Crippen LogP contribution in [0.15, 0.2) is 84.9 Å². The number of rotatable bonds is 5. The van der Waals surface area contributed by atoms with Crippen molar-refractivity contribution in [1.29, 1.82) is 0 Å². The van der Waals surface area contributed by atoms with Crippen molar-refractivity contribution in [2.45, 2.75) is 63.5 Å². The van der Waals surface area contributed by atoms with Gasteiger partial charge in [0.15, 0.2) is 0 Å². The van der Waals surface area contributed by atoms with Crippen LogP contribution >= 0.6 is 11.6 Å². The highest BCUT2D eigenvalue weighted by Gasteiger charge is 2.41. The van der Waals surface area contributed by atoms with Crippen molar-refractivity contribution >= 4 is 28.2 Å². The first-order valence-corrected chi connectivity index (χ1v) is 14.7. The van der Waals surface area contributed by atoms with Crippen LogP contribution in [0, 0.1) is 5.92 Å². The molecule has 6 rings (SSSR count). The summed E-state index contributed by atoms with van der Waals surface area (Å²) in [5.41, 5.74) is 5.90. The fourth-order valence-corrected chi connectivity index (χ4v) is 6.95. The molecule has 4 aromatic rings. The molecule has 4 heteroatoms. The Morgan fingerprint density at radius 1 is 0.842 bits per heavy atom. The number of nitrogens with one attached hydrogen (secondary N) is 1. The maximum absolute atomic E-state index is 6.37. The number of aromatic nitrogens is 1. The quantitative estimate of drug-likeness (QED) is 0.264. The molecule has 196 valence electrons. The van der Waals surface area contributed by atoms with Crippen LogP contribution in [0.25, 0.3) is 22.2 Å². The van der Waals surface area contributed by atoms with E-state index in [-0.39, 0.29) is 5.54 Å². The molecule has 0 radical (unpaired) electrons. The maximum Gasteiger partial charge on any atom is 0.0745 e.